The Labute approximate surface area is 171 Å². The van der Waals surface area contributed by atoms with Gasteiger partial charge in [0.15, 0.2) is 16.9 Å². The fraction of sp³-hybridized carbons (Fsp3) is 0.714. The largest absolute Gasteiger partial charge is 0.332 e. The molecule has 0 saturated carbocycles. The van der Waals surface area contributed by atoms with Crippen LogP contribution in [0.5, 0.6) is 0 Å². The number of hydrogen-bond acceptors (Lipinski definition) is 5. The third kappa shape index (κ3) is 4.08. The highest BCUT2D eigenvalue weighted by molar-refractivity contribution is 5.85. The second kappa shape index (κ2) is 7.55. The molecule has 0 spiro atoms. The monoisotopic (exact) mass is 403 g/mol. The van der Waals surface area contributed by atoms with Crippen molar-refractivity contribution in [2.45, 2.75) is 54.1 Å². The van der Waals surface area contributed by atoms with Crippen molar-refractivity contribution >= 4 is 16.9 Å². The van der Waals surface area contributed by atoms with Crippen LogP contribution in [-0.2, 0) is 32.0 Å². The number of fused-ring (bicyclic) bond motifs is 1. The van der Waals surface area contributed by atoms with Gasteiger partial charge in [-0.3, -0.25) is 23.6 Å². The number of carbonyl (C=O) groups excluding carboxylic acids is 1. The maximum absolute atomic E-state index is 12.9. The van der Waals surface area contributed by atoms with E-state index in [1.807, 2.05) is 20.8 Å². The first-order valence-corrected chi connectivity index (χ1v) is 10.3. The molecule has 1 aliphatic heterocycles. The number of rotatable bonds is 4. The first-order chi connectivity index (χ1) is 13.4. The molecule has 1 aliphatic rings. The number of Topliss-reactive ketones (excluding diaryl/α,β-unsaturated/α-hetero) is 1. The molecule has 0 radical (unpaired) electrons. The minimum Gasteiger partial charge on any atom is -0.313 e. The van der Waals surface area contributed by atoms with E-state index in [4.69, 9.17) is 0 Å². The van der Waals surface area contributed by atoms with Crippen LogP contribution in [0.1, 0.15) is 46.9 Å². The molecule has 0 amide bonds. The molecular weight excluding hydrogens is 370 g/mol. The zero-order chi connectivity index (χ0) is 21.7. The van der Waals surface area contributed by atoms with Crippen LogP contribution in [0.3, 0.4) is 0 Å². The lowest BCUT2D eigenvalue weighted by atomic mass is 9.91. The molecule has 2 aromatic heterocycles. The van der Waals surface area contributed by atoms with Crippen molar-refractivity contribution in [3.8, 4) is 0 Å². The zero-order valence-corrected chi connectivity index (χ0v) is 18.7. The summed E-state index contributed by atoms with van der Waals surface area (Å²) in [5, 5.41) is 0. The number of carbonyl (C=O) groups is 1. The van der Waals surface area contributed by atoms with E-state index in [0.29, 0.717) is 35.4 Å². The van der Waals surface area contributed by atoms with Gasteiger partial charge in [-0.15, -0.1) is 0 Å². The Morgan fingerprint density at radius 1 is 1.07 bits per heavy atom. The van der Waals surface area contributed by atoms with Crippen molar-refractivity contribution < 1.29 is 4.79 Å². The third-order valence-corrected chi connectivity index (χ3v) is 5.87. The molecule has 0 bridgehead atoms. The number of hydrogen-bond donors (Lipinski definition) is 0. The van der Waals surface area contributed by atoms with Gasteiger partial charge in [0.25, 0.3) is 5.56 Å². The lowest BCUT2D eigenvalue weighted by Crippen LogP contribution is -2.39. The molecule has 0 aliphatic carbocycles. The lowest BCUT2D eigenvalue weighted by Gasteiger charge is -2.34. The summed E-state index contributed by atoms with van der Waals surface area (Å²) >= 11 is 0. The van der Waals surface area contributed by atoms with Gasteiger partial charge in [-0.25, -0.2) is 9.78 Å². The predicted molar refractivity (Wildman–Crippen MR) is 113 cm³/mol. The molecule has 3 rings (SSSR count). The molecule has 8 nitrogen and oxygen atoms in total. The molecule has 29 heavy (non-hydrogen) atoms. The van der Waals surface area contributed by atoms with Crippen molar-refractivity contribution in [1.29, 1.82) is 0 Å². The van der Waals surface area contributed by atoms with E-state index in [1.165, 1.54) is 18.0 Å². The molecule has 2 atom stereocenters. The van der Waals surface area contributed by atoms with Crippen molar-refractivity contribution in [2.75, 3.05) is 13.1 Å². The van der Waals surface area contributed by atoms with Crippen LogP contribution < -0.4 is 11.2 Å². The molecule has 0 aromatic carbocycles. The quantitative estimate of drug-likeness (QED) is 0.773. The van der Waals surface area contributed by atoms with Gasteiger partial charge in [0, 0.05) is 32.6 Å². The summed E-state index contributed by atoms with van der Waals surface area (Å²) in [7, 11) is 3.07. The highest BCUT2D eigenvalue weighted by atomic mass is 16.2. The fourth-order valence-electron chi connectivity index (χ4n) is 4.28. The molecular formula is C21H33N5O3. The average molecular weight is 404 g/mol. The number of ketones is 1. The second-order valence-electron chi connectivity index (χ2n) is 9.81. The number of likely N-dealkylation sites (tertiary alicyclic amines) is 1. The predicted octanol–water partition coefficient (Wildman–Crippen LogP) is 1.53. The van der Waals surface area contributed by atoms with Gasteiger partial charge in [0.05, 0.1) is 13.1 Å². The van der Waals surface area contributed by atoms with Gasteiger partial charge in [-0.05, 0) is 18.3 Å². The average Bonchev–Trinajstić information content (AvgIpc) is 2.94. The maximum atomic E-state index is 12.9. The van der Waals surface area contributed by atoms with Crippen LogP contribution >= 0.6 is 0 Å². The molecule has 3 heterocycles. The standard InChI is InChI=1S/C21H33N5O3/c1-13-8-14(2)10-25(9-13)12-16-22-18-17(19(28)24(7)20(29)23(18)6)26(16)11-15(27)21(3,4)5/h13-14H,8-12H2,1-7H3/t13-,14-/m0/s1. The zero-order valence-electron chi connectivity index (χ0n) is 18.7. The number of aromatic nitrogens is 4. The normalized spacial score (nSPS) is 21.1. The minimum atomic E-state index is -0.534. The van der Waals surface area contributed by atoms with E-state index in [1.54, 1.807) is 11.6 Å². The Morgan fingerprint density at radius 3 is 2.21 bits per heavy atom. The molecule has 8 heteroatoms. The topological polar surface area (TPSA) is 82.1 Å². The summed E-state index contributed by atoms with van der Waals surface area (Å²) in [4.78, 5) is 45.1. The van der Waals surface area contributed by atoms with Crippen LogP contribution in [-0.4, -0.2) is 42.5 Å². The molecule has 0 unspecified atom stereocenters. The van der Waals surface area contributed by atoms with E-state index in [0.717, 1.165) is 17.7 Å². The summed E-state index contributed by atoms with van der Waals surface area (Å²) in [5.74, 6) is 1.86. The Hall–Kier alpha value is -2.22. The smallest absolute Gasteiger partial charge is 0.313 e. The minimum absolute atomic E-state index is 0.0225. The van der Waals surface area contributed by atoms with Crippen molar-refractivity contribution in [3.05, 3.63) is 26.7 Å². The summed E-state index contributed by atoms with van der Waals surface area (Å²) in [6.07, 6.45) is 1.20. The molecule has 1 fully saturated rings. The Balaban J connectivity index is 2.15. The van der Waals surface area contributed by atoms with Crippen molar-refractivity contribution in [3.63, 3.8) is 0 Å². The van der Waals surface area contributed by atoms with E-state index in [2.05, 4.69) is 23.7 Å². The van der Waals surface area contributed by atoms with Gasteiger partial charge < -0.3 is 4.57 Å². The summed E-state index contributed by atoms with van der Waals surface area (Å²) in [5.41, 5.74) is -0.702. The number of nitrogens with zero attached hydrogens (tertiary/aromatic N) is 5. The van der Waals surface area contributed by atoms with Gasteiger partial charge in [-0.2, -0.15) is 0 Å². The van der Waals surface area contributed by atoms with Crippen molar-refractivity contribution in [2.24, 2.45) is 31.3 Å². The lowest BCUT2D eigenvalue weighted by molar-refractivity contribution is -0.126. The van der Waals surface area contributed by atoms with Crippen LogP contribution in [0.15, 0.2) is 9.59 Å². The number of piperidine rings is 1. The van der Waals surface area contributed by atoms with Gasteiger partial charge >= 0.3 is 5.69 Å². The summed E-state index contributed by atoms with van der Waals surface area (Å²) < 4.78 is 4.20. The Morgan fingerprint density at radius 2 is 1.66 bits per heavy atom. The Kier molecular flexibility index (Phi) is 5.60. The van der Waals surface area contributed by atoms with Gasteiger partial charge in [-0.1, -0.05) is 34.6 Å². The molecule has 2 aromatic rings. The maximum Gasteiger partial charge on any atom is 0.332 e. The highest BCUT2D eigenvalue weighted by Crippen LogP contribution is 2.24. The second-order valence-corrected chi connectivity index (χ2v) is 9.81. The van der Waals surface area contributed by atoms with E-state index in [-0.39, 0.29) is 12.3 Å². The SMILES string of the molecule is C[C@H]1C[C@H](C)CN(Cc2nc3c(c(=O)n(C)c(=O)n3C)n2CC(=O)C(C)(C)C)C1. The number of imidazole rings is 1. The summed E-state index contributed by atoms with van der Waals surface area (Å²) in [6, 6.07) is 0. The van der Waals surface area contributed by atoms with E-state index >= 15 is 0 Å². The molecule has 1 saturated heterocycles. The third-order valence-electron chi connectivity index (χ3n) is 5.87. The Bertz CT molecular complexity index is 1040. The van der Waals surface area contributed by atoms with E-state index in [9.17, 15) is 14.4 Å². The van der Waals surface area contributed by atoms with Crippen LogP contribution in [0.4, 0.5) is 0 Å². The van der Waals surface area contributed by atoms with Crippen LogP contribution in [0, 0.1) is 17.3 Å². The summed E-state index contributed by atoms with van der Waals surface area (Å²) in [6.45, 7) is 12.6. The van der Waals surface area contributed by atoms with Crippen LogP contribution in [0.2, 0.25) is 0 Å². The highest BCUT2D eigenvalue weighted by Gasteiger charge is 2.28. The molecule has 0 N–H and O–H groups in total. The van der Waals surface area contributed by atoms with Gasteiger partial charge in [0.1, 0.15) is 5.82 Å². The molecule has 160 valence electrons. The van der Waals surface area contributed by atoms with Gasteiger partial charge in [0.2, 0.25) is 0 Å². The number of aryl methyl sites for hydroxylation is 1. The fourth-order valence-corrected chi connectivity index (χ4v) is 4.28. The first kappa shape index (κ1) is 21.5. The van der Waals surface area contributed by atoms with Crippen LogP contribution in [0.25, 0.3) is 11.2 Å². The first-order valence-electron chi connectivity index (χ1n) is 10.3. The van der Waals surface area contributed by atoms with Crippen molar-refractivity contribution in [1.82, 2.24) is 23.6 Å². The van der Waals surface area contributed by atoms with E-state index < -0.39 is 16.7 Å².